The first-order valence-corrected chi connectivity index (χ1v) is 8.97. The van der Waals surface area contributed by atoms with Crippen LogP contribution in [-0.4, -0.2) is 44.4 Å². The van der Waals surface area contributed by atoms with E-state index in [9.17, 15) is 4.79 Å². The zero-order valence-corrected chi connectivity index (χ0v) is 14.2. The molecule has 2 fully saturated rings. The van der Waals surface area contributed by atoms with E-state index in [-0.39, 0.29) is 17.6 Å². The Morgan fingerprint density at radius 2 is 2.04 bits per heavy atom. The Balaban J connectivity index is 1.33. The number of aromatic nitrogens is 4. The molecule has 1 spiro atoms. The van der Waals surface area contributed by atoms with Gasteiger partial charge in [-0.05, 0) is 47.4 Å². The molecule has 0 bridgehead atoms. The first-order chi connectivity index (χ1) is 12.2. The van der Waals surface area contributed by atoms with Crippen LogP contribution in [0.15, 0.2) is 30.6 Å². The van der Waals surface area contributed by atoms with E-state index < -0.39 is 0 Å². The Morgan fingerprint density at radius 3 is 2.76 bits per heavy atom. The molecular weight excluding hydrogens is 318 g/mol. The third-order valence-electron chi connectivity index (χ3n) is 5.26. The summed E-state index contributed by atoms with van der Waals surface area (Å²) in [7, 11) is 0. The molecule has 2 aromatic rings. The van der Waals surface area contributed by atoms with Crippen LogP contribution >= 0.6 is 0 Å². The van der Waals surface area contributed by atoms with E-state index in [4.69, 9.17) is 4.74 Å². The van der Waals surface area contributed by atoms with E-state index >= 15 is 0 Å². The van der Waals surface area contributed by atoms with Gasteiger partial charge in [-0.25, -0.2) is 4.68 Å². The van der Waals surface area contributed by atoms with Crippen LogP contribution in [0, 0.1) is 0 Å². The number of hydrogen-bond donors (Lipinski definition) is 1. The molecule has 1 aromatic carbocycles. The quantitative estimate of drug-likeness (QED) is 0.919. The molecule has 132 valence electrons. The van der Waals surface area contributed by atoms with Gasteiger partial charge in [-0.1, -0.05) is 31.4 Å². The summed E-state index contributed by atoms with van der Waals surface area (Å²) in [5.74, 6) is -0.0320. The summed E-state index contributed by atoms with van der Waals surface area (Å²) in [5.41, 5.74) is 1.74. The molecule has 7 nitrogen and oxygen atoms in total. The smallest absolute Gasteiger partial charge is 0.251 e. The van der Waals surface area contributed by atoms with Gasteiger partial charge in [0.15, 0.2) is 0 Å². The summed E-state index contributed by atoms with van der Waals surface area (Å²) in [6.07, 6.45) is 8.56. The lowest BCUT2D eigenvalue weighted by molar-refractivity contribution is -0.0246. The fourth-order valence-corrected chi connectivity index (χ4v) is 3.95. The van der Waals surface area contributed by atoms with Gasteiger partial charge < -0.3 is 10.1 Å². The first kappa shape index (κ1) is 16.2. The number of tetrazole rings is 1. The minimum Gasteiger partial charge on any atom is -0.373 e. The van der Waals surface area contributed by atoms with Crippen molar-refractivity contribution in [2.45, 2.75) is 56.7 Å². The highest BCUT2D eigenvalue weighted by Gasteiger charge is 2.41. The lowest BCUT2D eigenvalue weighted by atomic mass is 9.82. The molecule has 7 heteroatoms. The molecule has 2 aliphatic rings. The fraction of sp³-hybridized carbons (Fsp3) is 0.556. The molecule has 4 rings (SSSR count). The van der Waals surface area contributed by atoms with Crippen LogP contribution in [0.5, 0.6) is 0 Å². The average Bonchev–Trinajstić information content (AvgIpc) is 3.27. The SMILES string of the molecule is O=C(N[C@@H]1COC2(CCCCC2)C1)c1ccc(Cn2cnnn2)cc1. The molecule has 1 saturated carbocycles. The summed E-state index contributed by atoms with van der Waals surface area (Å²) in [4.78, 5) is 12.5. The summed E-state index contributed by atoms with van der Waals surface area (Å²) in [6.45, 7) is 1.22. The maximum absolute atomic E-state index is 12.5. The summed E-state index contributed by atoms with van der Waals surface area (Å²) in [6, 6.07) is 7.68. The zero-order valence-electron chi connectivity index (χ0n) is 14.2. The van der Waals surface area contributed by atoms with E-state index in [1.54, 1.807) is 11.0 Å². The Hall–Kier alpha value is -2.28. The van der Waals surface area contributed by atoms with Crippen LogP contribution in [0.4, 0.5) is 0 Å². The minimum absolute atomic E-state index is 0.0197. The molecule has 25 heavy (non-hydrogen) atoms. The number of nitrogens with zero attached hydrogens (tertiary/aromatic N) is 4. The van der Waals surface area contributed by atoms with Crippen molar-refractivity contribution in [3.63, 3.8) is 0 Å². The number of rotatable bonds is 4. The molecule has 1 amide bonds. The van der Waals surface area contributed by atoms with Crippen molar-refractivity contribution in [3.8, 4) is 0 Å². The third-order valence-corrected chi connectivity index (χ3v) is 5.26. The second-order valence-electron chi connectivity index (χ2n) is 7.13. The van der Waals surface area contributed by atoms with Gasteiger partial charge >= 0.3 is 0 Å². The van der Waals surface area contributed by atoms with E-state index in [2.05, 4.69) is 20.8 Å². The van der Waals surface area contributed by atoms with Crippen LogP contribution < -0.4 is 5.32 Å². The molecule has 1 aliphatic heterocycles. The van der Waals surface area contributed by atoms with E-state index in [1.807, 2.05) is 24.3 Å². The number of hydrogen-bond acceptors (Lipinski definition) is 5. The van der Waals surface area contributed by atoms with Gasteiger partial charge in [0, 0.05) is 5.56 Å². The van der Waals surface area contributed by atoms with Crippen LogP contribution in [0.2, 0.25) is 0 Å². The Bertz CT molecular complexity index is 708. The Labute approximate surface area is 146 Å². The second kappa shape index (κ2) is 6.92. The fourth-order valence-electron chi connectivity index (χ4n) is 3.95. The standard InChI is InChI=1S/C18H23N5O2/c24-17(20-16-10-18(25-12-16)8-2-1-3-9-18)15-6-4-14(5-7-15)11-23-13-19-21-22-23/h4-7,13,16H,1-3,8-12H2,(H,20,24)/t16-/m0/s1. The molecule has 1 atom stereocenters. The molecule has 2 heterocycles. The van der Waals surface area contributed by atoms with Gasteiger partial charge in [-0.3, -0.25) is 4.79 Å². The van der Waals surface area contributed by atoms with Crippen LogP contribution in [0.1, 0.15) is 54.4 Å². The predicted molar refractivity (Wildman–Crippen MR) is 91.0 cm³/mol. The molecule has 0 unspecified atom stereocenters. The average molecular weight is 341 g/mol. The number of amides is 1. The summed E-state index contributed by atoms with van der Waals surface area (Å²) >= 11 is 0. The van der Waals surface area contributed by atoms with Crippen molar-refractivity contribution in [1.82, 2.24) is 25.5 Å². The highest BCUT2D eigenvalue weighted by Crippen LogP contribution is 2.39. The number of ether oxygens (including phenoxy) is 1. The van der Waals surface area contributed by atoms with E-state index in [1.165, 1.54) is 19.3 Å². The molecule has 1 aliphatic carbocycles. The molecule has 0 radical (unpaired) electrons. The van der Waals surface area contributed by atoms with Crippen molar-refractivity contribution in [2.24, 2.45) is 0 Å². The lowest BCUT2D eigenvalue weighted by Crippen LogP contribution is -2.37. The van der Waals surface area contributed by atoms with Crippen molar-refractivity contribution in [3.05, 3.63) is 41.7 Å². The number of nitrogens with one attached hydrogen (secondary N) is 1. The van der Waals surface area contributed by atoms with Crippen LogP contribution in [0.3, 0.4) is 0 Å². The summed E-state index contributed by atoms with van der Waals surface area (Å²) in [5, 5.41) is 14.2. The van der Waals surface area contributed by atoms with Gasteiger partial charge in [-0.2, -0.15) is 0 Å². The zero-order chi connectivity index (χ0) is 17.1. The van der Waals surface area contributed by atoms with Gasteiger partial charge in [0.1, 0.15) is 6.33 Å². The van der Waals surface area contributed by atoms with Gasteiger partial charge in [0.2, 0.25) is 0 Å². The van der Waals surface area contributed by atoms with Crippen LogP contribution in [0.25, 0.3) is 0 Å². The highest BCUT2D eigenvalue weighted by atomic mass is 16.5. The Morgan fingerprint density at radius 1 is 1.24 bits per heavy atom. The number of benzene rings is 1. The second-order valence-corrected chi connectivity index (χ2v) is 7.13. The number of carbonyl (C=O) groups excluding carboxylic acids is 1. The molecular formula is C18H23N5O2. The normalized spacial score (nSPS) is 22.2. The van der Waals surface area contributed by atoms with Crippen molar-refractivity contribution in [1.29, 1.82) is 0 Å². The third kappa shape index (κ3) is 3.71. The molecule has 1 N–H and O–H groups in total. The monoisotopic (exact) mass is 341 g/mol. The van der Waals surface area contributed by atoms with Crippen molar-refractivity contribution < 1.29 is 9.53 Å². The topological polar surface area (TPSA) is 81.9 Å². The van der Waals surface area contributed by atoms with Gasteiger partial charge in [-0.15, -0.1) is 5.10 Å². The molecule has 1 saturated heterocycles. The predicted octanol–water partition coefficient (Wildman–Crippen LogP) is 1.94. The Kier molecular flexibility index (Phi) is 4.48. The minimum atomic E-state index is -0.0320. The maximum atomic E-state index is 12.5. The maximum Gasteiger partial charge on any atom is 0.251 e. The van der Waals surface area contributed by atoms with Gasteiger partial charge in [0.25, 0.3) is 5.91 Å². The largest absolute Gasteiger partial charge is 0.373 e. The van der Waals surface area contributed by atoms with Gasteiger partial charge in [0.05, 0.1) is 24.8 Å². The van der Waals surface area contributed by atoms with Crippen molar-refractivity contribution in [2.75, 3.05) is 6.61 Å². The first-order valence-electron chi connectivity index (χ1n) is 8.97. The highest BCUT2D eigenvalue weighted by molar-refractivity contribution is 5.94. The van der Waals surface area contributed by atoms with E-state index in [0.29, 0.717) is 18.7 Å². The number of carbonyl (C=O) groups is 1. The molecule has 1 aromatic heterocycles. The van der Waals surface area contributed by atoms with Crippen molar-refractivity contribution >= 4 is 5.91 Å². The lowest BCUT2D eigenvalue weighted by Gasteiger charge is -2.32. The summed E-state index contributed by atoms with van der Waals surface area (Å²) < 4.78 is 7.72. The van der Waals surface area contributed by atoms with Crippen LogP contribution in [-0.2, 0) is 11.3 Å². The van der Waals surface area contributed by atoms with E-state index in [0.717, 1.165) is 24.8 Å².